The summed E-state index contributed by atoms with van der Waals surface area (Å²) >= 11 is 0. The van der Waals surface area contributed by atoms with Crippen molar-refractivity contribution in [1.29, 1.82) is 0 Å². The normalized spacial score (nSPS) is 20.0. The van der Waals surface area contributed by atoms with Crippen molar-refractivity contribution in [2.75, 3.05) is 20.3 Å². The number of β-amino-alcohol motifs (C(OH)–C–C–N with tert-alkyl or cyclic N) is 1. The molecule has 0 aliphatic carbocycles. The first kappa shape index (κ1) is 11.1. The van der Waals surface area contributed by atoms with Crippen LogP contribution < -0.4 is 0 Å². The number of amides is 2. The van der Waals surface area contributed by atoms with Crippen LogP contribution in [0.5, 0.6) is 0 Å². The lowest BCUT2D eigenvalue weighted by molar-refractivity contribution is -0.150. The Morgan fingerprint density at radius 1 is 1.43 bits per heavy atom. The molecule has 1 rings (SSSR count). The number of imide groups is 1. The summed E-state index contributed by atoms with van der Waals surface area (Å²) in [6.45, 7) is 0.183. The van der Waals surface area contributed by atoms with Crippen LogP contribution in [-0.2, 0) is 14.3 Å². The van der Waals surface area contributed by atoms with Gasteiger partial charge in [-0.05, 0) is 6.42 Å². The fourth-order valence-corrected chi connectivity index (χ4v) is 1.46. The van der Waals surface area contributed by atoms with Crippen molar-refractivity contribution in [3.05, 3.63) is 0 Å². The molecule has 0 aromatic carbocycles. The number of carbonyl (C=O) groups excluding carboxylic acids is 2. The van der Waals surface area contributed by atoms with Gasteiger partial charge in [-0.15, -0.1) is 0 Å². The molecule has 80 valence electrons. The fourth-order valence-electron chi connectivity index (χ4n) is 1.46. The molecule has 1 saturated heterocycles. The average Bonchev–Trinajstić information content (AvgIpc) is 2.12. The first-order valence-electron chi connectivity index (χ1n) is 4.65. The number of carbonyl (C=O) groups is 2. The molecule has 0 radical (unpaired) electrons. The van der Waals surface area contributed by atoms with E-state index in [1.54, 1.807) is 0 Å². The predicted octanol–water partition coefficient (Wildman–Crippen LogP) is -0.467. The van der Waals surface area contributed by atoms with E-state index in [4.69, 9.17) is 4.74 Å². The van der Waals surface area contributed by atoms with Gasteiger partial charge in [0.2, 0.25) is 11.8 Å². The maximum absolute atomic E-state index is 11.3. The van der Waals surface area contributed by atoms with Crippen molar-refractivity contribution in [3.8, 4) is 0 Å². The van der Waals surface area contributed by atoms with E-state index < -0.39 is 6.10 Å². The van der Waals surface area contributed by atoms with E-state index in [1.165, 1.54) is 7.11 Å². The SMILES string of the molecule is COCC(O)CN1C(=O)CCCC1=O. The van der Waals surface area contributed by atoms with Crippen molar-refractivity contribution in [2.24, 2.45) is 0 Å². The Labute approximate surface area is 82.6 Å². The number of ether oxygens (including phenoxy) is 1. The maximum atomic E-state index is 11.3. The first-order valence-corrected chi connectivity index (χ1v) is 4.65. The highest BCUT2D eigenvalue weighted by molar-refractivity contribution is 5.97. The monoisotopic (exact) mass is 201 g/mol. The Balaban J connectivity index is 2.47. The zero-order valence-corrected chi connectivity index (χ0v) is 8.23. The van der Waals surface area contributed by atoms with Gasteiger partial charge in [-0.2, -0.15) is 0 Å². The molecule has 0 aromatic rings. The van der Waals surface area contributed by atoms with E-state index >= 15 is 0 Å². The number of nitrogens with zero attached hydrogens (tertiary/aromatic N) is 1. The Morgan fingerprint density at radius 3 is 2.50 bits per heavy atom. The highest BCUT2D eigenvalue weighted by Crippen LogP contribution is 2.12. The molecule has 1 N–H and O–H groups in total. The van der Waals surface area contributed by atoms with E-state index in [2.05, 4.69) is 0 Å². The predicted molar refractivity (Wildman–Crippen MR) is 48.5 cm³/mol. The lowest BCUT2D eigenvalue weighted by Gasteiger charge is -2.26. The second-order valence-corrected chi connectivity index (χ2v) is 3.36. The zero-order chi connectivity index (χ0) is 10.6. The number of piperidine rings is 1. The first-order chi connectivity index (χ1) is 6.65. The number of likely N-dealkylation sites (tertiary alicyclic amines) is 1. The van der Waals surface area contributed by atoms with Crippen LogP contribution in [0.25, 0.3) is 0 Å². The van der Waals surface area contributed by atoms with Crippen LogP contribution in [-0.4, -0.2) is 48.2 Å². The van der Waals surface area contributed by atoms with Crippen LogP contribution in [0.2, 0.25) is 0 Å². The van der Waals surface area contributed by atoms with Crippen LogP contribution in [0.15, 0.2) is 0 Å². The topological polar surface area (TPSA) is 66.8 Å². The van der Waals surface area contributed by atoms with Gasteiger partial charge in [0.05, 0.1) is 19.3 Å². The molecule has 5 heteroatoms. The van der Waals surface area contributed by atoms with Crippen molar-refractivity contribution in [1.82, 2.24) is 4.90 Å². The third-order valence-electron chi connectivity index (χ3n) is 2.14. The molecule has 1 unspecified atom stereocenters. The number of aliphatic hydroxyl groups excluding tert-OH is 1. The largest absolute Gasteiger partial charge is 0.389 e. The number of aliphatic hydroxyl groups is 1. The van der Waals surface area contributed by atoms with Gasteiger partial charge >= 0.3 is 0 Å². The summed E-state index contributed by atoms with van der Waals surface area (Å²) in [4.78, 5) is 23.7. The number of hydrogen-bond acceptors (Lipinski definition) is 4. The molecule has 1 heterocycles. The van der Waals surface area contributed by atoms with Gasteiger partial charge in [-0.1, -0.05) is 0 Å². The highest BCUT2D eigenvalue weighted by Gasteiger charge is 2.27. The molecular weight excluding hydrogens is 186 g/mol. The van der Waals surface area contributed by atoms with Crippen LogP contribution in [0.3, 0.4) is 0 Å². The molecule has 14 heavy (non-hydrogen) atoms. The second kappa shape index (κ2) is 5.07. The van der Waals surface area contributed by atoms with E-state index in [0.717, 1.165) is 4.90 Å². The lowest BCUT2D eigenvalue weighted by atomic mass is 10.1. The van der Waals surface area contributed by atoms with Crippen molar-refractivity contribution in [2.45, 2.75) is 25.4 Å². The number of hydrogen-bond donors (Lipinski definition) is 1. The highest BCUT2D eigenvalue weighted by atomic mass is 16.5. The van der Waals surface area contributed by atoms with Gasteiger partial charge < -0.3 is 9.84 Å². The van der Waals surface area contributed by atoms with Gasteiger partial charge in [0.15, 0.2) is 0 Å². The molecular formula is C9H15NO4. The van der Waals surface area contributed by atoms with E-state index in [9.17, 15) is 14.7 Å². The molecule has 0 aromatic heterocycles. The molecule has 1 aliphatic rings. The van der Waals surface area contributed by atoms with Crippen LogP contribution >= 0.6 is 0 Å². The Hall–Kier alpha value is -0.940. The van der Waals surface area contributed by atoms with Crippen LogP contribution in [0.1, 0.15) is 19.3 Å². The van der Waals surface area contributed by atoms with Crippen LogP contribution in [0, 0.1) is 0 Å². The van der Waals surface area contributed by atoms with Crippen LogP contribution in [0.4, 0.5) is 0 Å². The molecule has 0 spiro atoms. The van der Waals surface area contributed by atoms with E-state index in [-0.39, 0.29) is 25.0 Å². The summed E-state index contributed by atoms with van der Waals surface area (Å²) in [5.41, 5.74) is 0. The summed E-state index contributed by atoms with van der Waals surface area (Å²) < 4.78 is 4.72. The molecule has 1 fully saturated rings. The van der Waals surface area contributed by atoms with Gasteiger partial charge in [-0.25, -0.2) is 0 Å². The molecule has 1 aliphatic heterocycles. The Kier molecular flexibility index (Phi) is 4.03. The third-order valence-corrected chi connectivity index (χ3v) is 2.14. The average molecular weight is 201 g/mol. The third kappa shape index (κ3) is 2.78. The van der Waals surface area contributed by atoms with E-state index in [0.29, 0.717) is 19.3 Å². The van der Waals surface area contributed by atoms with Gasteiger partial charge in [0.1, 0.15) is 0 Å². The quantitative estimate of drug-likeness (QED) is 0.624. The minimum absolute atomic E-state index is 0.0471. The van der Waals surface area contributed by atoms with Gasteiger partial charge in [0, 0.05) is 20.0 Å². The minimum atomic E-state index is -0.786. The van der Waals surface area contributed by atoms with E-state index in [1.807, 2.05) is 0 Å². The summed E-state index contributed by atoms with van der Waals surface area (Å²) in [6, 6.07) is 0. The maximum Gasteiger partial charge on any atom is 0.229 e. The molecule has 0 bridgehead atoms. The fraction of sp³-hybridized carbons (Fsp3) is 0.778. The number of rotatable bonds is 4. The van der Waals surface area contributed by atoms with Gasteiger partial charge in [-0.3, -0.25) is 14.5 Å². The molecule has 2 amide bonds. The number of methoxy groups -OCH3 is 1. The molecule has 0 saturated carbocycles. The molecule has 1 atom stereocenters. The van der Waals surface area contributed by atoms with Crippen molar-refractivity contribution < 1.29 is 19.4 Å². The summed E-state index contributed by atoms with van der Waals surface area (Å²) in [5.74, 6) is -0.396. The van der Waals surface area contributed by atoms with Crippen molar-refractivity contribution in [3.63, 3.8) is 0 Å². The second-order valence-electron chi connectivity index (χ2n) is 3.36. The lowest BCUT2D eigenvalue weighted by Crippen LogP contribution is -2.45. The smallest absolute Gasteiger partial charge is 0.229 e. The standard InChI is InChI=1S/C9H15NO4/c1-14-6-7(11)5-10-8(12)3-2-4-9(10)13/h7,11H,2-6H2,1H3. The summed E-state index contributed by atoms with van der Waals surface area (Å²) in [5, 5.41) is 9.37. The minimum Gasteiger partial charge on any atom is -0.389 e. The van der Waals surface area contributed by atoms with Gasteiger partial charge in [0.25, 0.3) is 0 Å². The molecule has 5 nitrogen and oxygen atoms in total. The Bertz CT molecular complexity index is 213. The zero-order valence-electron chi connectivity index (χ0n) is 8.23. The Morgan fingerprint density at radius 2 is 2.00 bits per heavy atom. The summed E-state index contributed by atoms with van der Waals surface area (Å²) in [7, 11) is 1.46. The summed E-state index contributed by atoms with van der Waals surface area (Å²) in [6.07, 6.45) is 0.622. The van der Waals surface area contributed by atoms with Crippen molar-refractivity contribution >= 4 is 11.8 Å².